The smallest absolute Gasteiger partial charge is 0.307 e. The van der Waals surface area contributed by atoms with Crippen molar-refractivity contribution in [3.63, 3.8) is 0 Å². The molecule has 1 aliphatic carbocycles. The number of aliphatic carboxylic acids is 1. The first-order valence-electron chi connectivity index (χ1n) is 7.09. The van der Waals surface area contributed by atoms with Crippen molar-refractivity contribution in [3.8, 4) is 6.07 Å². The number of hydrogen-bond donors (Lipinski definition) is 2. The van der Waals surface area contributed by atoms with E-state index in [0.717, 1.165) is 6.42 Å². The van der Waals surface area contributed by atoms with E-state index in [1.54, 1.807) is 24.3 Å². The molecule has 3 unspecified atom stereocenters. The van der Waals surface area contributed by atoms with Crippen LogP contribution < -0.4 is 5.32 Å². The Balaban J connectivity index is 2.11. The van der Waals surface area contributed by atoms with Crippen LogP contribution in [0.2, 0.25) is 0 Å². The topological polar surface area (TPSA) is 90.2 Å². The number of hydrogen-bond acceptors (Lipinski definition) is 3. The van der Waals surface area contributed by atoms with Crippen LogP contribution in [0.25, 0.3) is 0 Å². The van der Waals surface area contributed by atoms with Gasteiger partial charge in [-0.15, -0.1) is 0 Å². The number of nitrogens with one attached hydrogen (secondary N) is 1. The molecule has 1 aromatic rings. The zero-order chi connectivity index (χ0) is 15.4. The van der Waals surface area contributed by atoms with Gasteiger partial charge in [0.1, 0.15) is 0 Å². The molecule has 5 heteroatoms. The number of nitrogens with zero attached hydrogens (tertiary/aromatic N) is 1. The number of nitriles is 1. The van der Waals surface area contributed by atoms with Crippen molar-refractivity contribution in [1.82, 2.24) is 0 Å². The normalized spacial score (nSPS) is 24.3. The summed E-state index contributed by atoms with van der Waals surface area (Å²) in [7, 11) is 0. The summed E-state index contributed by atoms with van der Waals surface area (Å²) in [6, 6.07) is 8.62. The molecular formula is C16H18N2O3. The van der Waals surface area contributed by atoms with Crippen molar-refractivity contribution in [1.29, 1.82) is 5.26 Å². The first-order chi connectivity index (χ1) is 10.0. The molecule has 0 aromatic heterocycles. The number of carboxylic acid groups (broad SMARTS) is 1. The Morgan fingerprint density at radius 1 is 1.38 bits per heavy atom. The van der Waals surface area contributed by atoms with Crippen LogP contribution >= 0.6 is 0 Å². The number of anilines is 1. The van der Waals surface area contributed by atoms with Gasteiger partial charge in [0.05, 0.1) is 23.5 Å². The van der Waals surface area contributed by atoms with Gasteiger partial charge in [-0.05, 0) is 37.0 Å². The highest BCUT2D eigenvalue weighted by Crippen LogP contribution is 2.39. The van der Waals surface area contributed by atoms with Crippen LogP contribution in [0.3, 0.4) is 0 Å². The van der Waals surface area contributed by atoms with Crippen LogP contribution in [-0.4, -0.2) is 17.0 Å². The van der Waals surface area contributed by atoms with Gasteiger partial charge in [-0.25, -0.2) is 0 Å². The van der Waals surface area contributed by atoms with Crippen LogP contribution in [0.15, 0.2) is 24.3 Å². The van der Waals surface area contributed by atoms with Gasteiger partial charge in [-0.3, -0.25) is 9.59 Å². The second kappa shape index (κ2) is 6.40. The standard InChI is InChI=1S/C16H18N2O3/c1-2-10-7-13(14(8-10)16(20)21)15(19)18-12-5-3-4-11(6-12)9-17/h3-6,10,13-14H,2,7-8H2,1H3,(H,18,19)(H,20,21). The summed E-state index contributed by atoms with van der Waals surface area (Å²) in [4.78, 5) is 23.6. The summed E-state index contributed by atoms with van der Waals surface area (Å²) in [5.41, 5.74) is 0.989. The molecule has 1 amide bonds. The summed E-state index contributed by atoms with van der Waals surface area (Å²) < 4.78 is 0. The highest BCUT2D eigenvalue weighted by molar-refractivity contribution is 5.95. The van der Waals surface area contributed by atoms with Crippen LogP contribution in [0, 0.1) is 29.1 Å². The molecule has 2 N–H and O–H groups in total. The van der Waals surface area contributed by atoms with Gasteiger partial charge in [0.25, 0.3) is 0 Å². The van der Waals surface area contributed by atoms with Gasteiger partial charge in [-0.1, -0.05) is 19.4 Å². The van der Waals surface area contributed by atoms with Crippen molar-refractivity contribution in [2.45, 2.75) is 26.2 Å². The van der Waals surface area contributed by atoms with Gasteiger partial charge in [0, 0.05) is 5.69 Å². The lowest BCUT2D eigenvalue weighted by Crippen LogP contribution is -2.30. The second-order valence-corrected chi connectivity index (χ2v) is 5.48. The lowest BCUT2D eigenvalue weighted by Gasteiger charge is -2.15. The Bertz CT molecular complexity index is 591. The fourth-order valence-electron chi connectivity index (χ4n) is 2.94. The molecule has 1 aliphatic rings. The molecule has 0 aliphatic heterocycles. The van der Waals surface area contributed by atoms with Crippen LogP contribution in [0.4, 0.5) is 5.69 Å². The molecule has 0 heterocycles. The first kappa shape index (κ1) is 15.0. The quantitative estimate of drug-likeness (QED) is 0.890. The molecule has 0 saturated heterocycles. The van der Waals surface area contributed by atoms with Crippen molar-refractivity contribution >= 4 is 17.6 Å². The predicted molar refractivity (Wildman–Crippen MR) is 77.4 cm³/mol. The predicted octanol–water partition coefficient (Wildman–Crippen LogP) is 2.63. The maximum Gasteiger partial charge on any atom is 0.307 e. The average Bonchev–Trinajstić information content (AvgIpc) is 2.92. The Labute approximate surface area is 123 Å². The van der Waals surface area contributed by atoms with Gasteiger partial charge >= 0.3 is 5.97 Å². The van der Waals surface area contributed by atoms with Crippen molar-refractivity contribution in [3.05, 3.63) is 29.8 Å². The van der Waals surface area contributed by atoms with E-state index in [-0.39, 0.29) is 11.8 Å². The van der Waals surface area contributed by atoms with Crippen LogP contribution in [0.5, 0.6) is 0 Å². The summed E-state index contributed by atoms with van der Waals surface area (Å²) >= 11 is 0. The van der Waals surface area contributed by atoms with Gasteiger partial charge < -0.3 is 10.4 Å². The largest absolute Gasteiger partial charge is 0.481 e. The Morgan fingerprint density at radius 2 is 2.10 bits per heavy atom. The molecule has 0 bridgehead atoms. The number of carboxylic acids is 1. The van der Waals surface area contributed by atoms with E-state index in [1.165, 1.54) is 0 Å². The highest BCUT2D eigenvalue weighted by atomic mass is 16.4. The molecule has 1 saturated carbocycles. The summed E-state index contributed by atoms with van der Waals surface area (Å²) in [6.45, 7) is 2.01. The van der Waals surface area contributed by atoms with Gasteiger partial charge in [0.15, 0.2) is 0 Å². The van der Waals surface area contributed by atoms with E-state index in [0.29, 0.717) is 24.1 Å². The Hall–Kier alpha value is -2.35. The van der Waals surface area contributed by atoms with E-state index in [1.807, 2.05) is 13.0 Å². The molecule has 21 heavy (non-hydrogen) atoms. The molecule has 2 rings (SSSR count). The third kappa shape index (κ3) is 3.40. The zero-order valence-electron chi connectivity index (χ0n) is 11.9. The number of amides is 1. The monoisotopic (exact) mass is 286 g/mol. The summed E-state index contributed by atoms with van der Waals surface area (Å²) in [5.74, 6) is -2.01. The van der Waals surface area contributed by atoms with Crippen LogP contribution in [0.1, 0.15) is 31.7 Å². The van der Waals surface area contributed by atoms with E-state index in [9.17, 15) is 14.7 Å². The van der Waals surface area contributed by atoms with Gasteiger partial charge in [0.2, 0.25) is 5.91 Å². The Morgan fingerprint density at radius 3 is 2.71 bits per heavy atom. The van der Waals surface area contributed by atoms with Crippen molar-refractivity contribution in [2.75, 3.05) is 5.32 Å². The summed E-state index contributed by atoms with van der Waals surface area (Å²) in [5, 5.41) is 20.9. The minimum Gasteiger partial charge on any atom is -0.481 e. The minimum absolute atomic E-state index is 0.270. The molecule has 3 atom stereocenters. The third-order valence-electron chi connectivity index (χ3n) is 4.15. The SMILES string of the molecule is CCC1CC(C(=O)O)C(C(=O)Nc2cccc(C#N)c2)C1. The van der Waals surface area contributed by atoms with E-state index < -0.39 is 17.8 Å². The number of benzene rings is 1. The molecular weight excluding hydrogens is 268 g/mol. The third-order valence-corrected chi connectivity index (χ3v) is 4.15. The van der Waals surface area contributed by atoms with Crippen LogP contribution in [-0.2, 0) is 9.59 Å². The van der Waals surface area contributed by atoms with Gasteiger partial charge in [-0.2, -0.15) is 5.26 Å². The lowest BCUT2D eigenvalue weighted by molar-refractivity contribution is -0.145. The first-order valence-corrected chi connectivity index (χ1v) is 7.09. The minimum atomic E-state index is -0.906. The number of rotatable bonds is 4. The fraction of sp³-hybridized carbons (Fsp3) is 0.438. The van der Waals surface area contributed by atoms with E-state index >= 15 is 0 Å². The molecule has 110 valence electrons. The van der Waals surface area contributed by atoms with Crippen molar-refractivity contribution in [2.24, 2.45) is 17.8 Å². The van der Waals surface area contributed by atoms with E-state index in [2.05, 4.69) is 5.32 Å². The average molecular weight is 286 g/mol. The van der Waals surface area contributed by atoms with E-state index in [4.69, 9.17) is 5.26 Å². The molecule has 1 aromatic carbocycles. The molecule has 0 radical (unpaired) electrons. The molecule has 1 fully saturated rings. The maximum atomic E-state index is 12.3. The lowest BCUT2D eigenvalue weighted by atomic mass is 9.95. The summed E-state index contributed by atoms with van der Waals surface area (Å²) in [6.07, 6.45) is 2.05. The second-order valence-electron chi connectivity index (χ2n) is 5.48. The van der Waals surface area contributed by atoms with Crippen molar-refractivity contribution < 1.29 is 14.7 Å². The highest BCUT2D eigenvalue weighted by Gasteiger charge is 2.42. The Kier molecular flexibility index (Phi) is 4.59. The number of carbonyl (C=O) groups excluding carboxylic acids is 1. The zero-order valence-corrected chi connectivity index (χ0v) is 11.9. The molecule has 5 nitrogen and oxygen atoms in total. The fourth-order valence-corrected chi connectivity index (χ4v) is 2.94. The maximum absolute atomic E-state index is 12.3. The number of carbonyl (C=O) groups is 2. The molecule has 0 spiro atoms.